The molecule has 21 heavy (non-hydrogen) atoms. The van der Waals surface area contributed by atoms with E-state index in [0.29, 0.717) is 11.8 Å². The first-order chi connectivity index (χ1) is 10.2. The summed E-state index contributed by atoms with van der Waals surface area (Å²) in [5.41, 5.74) is 1.56. The van der Waals surface area contributed by atoms with Crippen LogP contribution in [0.1, 0.15) is 25.8 Å². The zero-order chi connectivity index (χ0) is 15.2. The monoisotopic (exact) mass is 309 g/mol. The maximum Gasteiger partial charge on any atom is 0.313 e. The van der Waals surface area contributed by atoms with Gasteiger partial charge >= 0.3 is 5.97 Å². The first-order valence-corrected chi connectivity index (χ1v) is 7.82. The Balaban J connectivity index is 2.44. The van der Waals surface area contributed by atoms with Crippen molar-refractivity contribution in [1.29, 1.82) is 0 Å². The molecule has 2 rings (SSSR count). The molecule has 1 atom stereocenters. The lowest BCUT2D eigenvalue weighted by Crippen LogP contribution is -2.16. The average molecular weight is 309 g/mol. The molecule has 1 N–H and O–H groups in total. The van der Waals surface area contributed by atoms with Gasteiger partial charge in [-0.05, 0) is 18.6 Å². The zero-order valence-corrected chi connectivity index (χ0v) is 13.0. The van der Waals surface area contributed by atoms with E-state index in [1.807, 2.05) is 16.7 Å². The number of nitrogens with zero attached hydrogens (tertiary/aromatic N) is 3. The zero-order valence-electron chi connectivity index (χ0n) is 12.2. The molecule has 0 saturated heterocycles. The van der Waals surface area contributed by atoms with Crippen LogP contribution in [0.2, 0.25) is 0 Å². The molecule has 0 aromatic carbocycles. The van der Waals surface area contributed by atoms with Gasteiger partial charge in [0.15, 0.2) is 10.8 Å². The minimum Gasteiger partial charge on any atom is -0.481 e. The minimum atomic E-state index is -0.856. The van der Waals surface area contributed by atoms with Gasteiger partial charge in [0, 0.05) is 13.3 Å². The fraction of sp³-hybridized carbons (Fsp3) is 0.500. The van der Waals surface area contributed by atoms with Gasteiger partial charge in [-0.25, -0.2) is 9.97 Å². The fourth-order valence-electron chi connectivity index (χ4n) is 2.28. The molecule has 2 aromatic rings. The highest BCUT2D eigenvalue weighted by molar-refractivity contribution is 7.99. The Morgan fingerprint density at radius 2 is 2.38 bits per heavy atom. The molecule has 6 nitrogen and oxygen atoms in total. The lowest BCUT2D eigenvalue weighted by Gasteiger charge is -2.19. The van der Waals surface area contributed by atoms with Crippen LogP contribution in [0.25, 0.3) is 11.2 Å². The largest absolute Gasteiger partial charge is 0.481 e. The van der Waals surface area contributed by atoms with E-state index < -0.39 is 5.97 Å². The lowest BCUT2D eigenvalue weighted by molar-refractivity contribution is -0.133. The number of hydrogen-bond acceptors (Lipinski definition) is 5. The van der Waals surface area contributed by atoms with E-state index in [4.69, 9.17) is 9.84 Å². The van der Waals surface area contributed by atoms with Gasteiger partial charge in [-0.15, -0.1) is 0 Å². The Morgan fingerprint density at radius 3 is 3.05 bits per heavy atom. The Labute approximate surface area is 127 Å². The molecule has 0 amide bonds. The SMILES string of the molecule is CCCC(COC)n1c(SCC(=O)O)nc2cccnc21. The first-order valence-electron chi connectivity index (χ1n) is 6.83. The number of imidazole rings is 1. The number of aromatic nitrogens is 3. The van der Waals surface area contributed by atoms with E-state index in [2.05, 4.69) is 16.9 Å². The summed E-state index contributed by atoms with van der Waals surface area (Å²) in [6.45, 7) is 2.66. The van der Waals surface area contributed by atoms with Crippen molar-refractivity contribution in [1.82, 2.24) is 14.5 Å². The molecule has 2 aromatic heterocycles. The number of aliphatic carboxylic acids is 1. The quantitative estimate of drug-likeness (QED) is 0.755. The number of thioether (sulfide) groups is 1. The summed E-state index contributed by atoms with van der Waals surface area (Å²) < 4.78 is 7.32. The van der Waals surface area contributed by atoms with Crippen LogP contribution in [0.4, 0.5) is 0 Å². The number of hydrogen-bond donors (Lipinski definition) is 1. The molecule has 0 radical (unpaired) electrons. The van der Waals surface area contributed by atoms with Crippen molar-refractivity contribution in [3.8, 4) is 0 Å². The van der Waals surface area contributed by atoms with Crippen LogP contribution in [-0.4, -0.2) is 45.1 Å². The van der Waals surface area contributed by atoms with Gasteiger partial charge < -0.3 is 9.84 Å². The van der Waals surface area contributed by atoms with Crippen molar-refractivity contribution in [2.45, 2.75) is 31.0 Å². The second-order valence-electron chi connectivity index (χ2n) is 4.69. The predicted octanol–water partition coefficient (Wildman–Crippen LogP) is 2.60. The lowest BCUT2D eigenvalue weighted by atomic mass is 10.2. The first kappa shape index (κ1) is 15.8. The molecule has 0 aliphatic heterocycles. The Kier molecular flexibility index (Phi) is 5.58. The topological polar surface area (TPSA) is 77.2 Å². The van der Waals surface area contributed by atoms with Crippen molar-refractivity contribution >= 4 is 28.9 Å². The number of rotatable bonds is 8. The van der Waals surface area contributed by atoms with Crippen molar-refractivity contribution in [3.05, 3.63) is 18.3 Å². The summed E-state index contributed by atoms with van der Waals surface area (Å²) in [6.07, 6.45) is 3.65. The predicted molar refractivity (Wildman–Crippen MR) is 81.7 cm³/mol. The standard InChI is InChI=1S/C14H19N3O3S/c1-3-5-10(8-20-2)17-13-11(6-4-7-15-13)16-14(17)21-9-12(18)19/h4,6-7,10H,3,5,8-9H2,1-2H3,(H,18,19). The van der Waals surface area contributed by atoms with E-state index in [9.17, 15) is 4.79 Å². The highest BCUT2D eigenvalue weighted by atomic mass is 32.2. The fourth-order valence-corrected chi connectivity index (χ4v) is 3.07. The molecule has 0 fully saturated rings. The number of methoxy groups -OCH3 is 1. The van der Waals surface area contributed by atoms with Crippen molar-refractivity contribution < 1.29 is 14.6 Å². The van der Waals surface area contributed by atoms with Crippen LogP contribution >= 0.6 is 11.8 Å². The number of pyridine rings is 1. The van der Waals surface area contributed by atoms with Gasteiger partial charge in [-0.1, -0.05) is 25.1 Å². The van der Waals surface area contributed by atoms with E-state index in [-0.39, 0.29) is 11.8 Å². The number of carboxylic acid groups (broad SMARTS) is 1. The van der Waals surface area contributed by atoms with Gasteiger partial charge in [-0.3, -0.25) is 9.36 Å². The Hall–Kier alpha value is -1.60. The highest BCUT2D eigenvalue weighted by Crippen LogP contribution is 2.29. The molecule has 0 aliphatic carbocycles. The molecule has 1 unspecified atom stereocenters. The van der Waals surface area contributed by atoms with Crippen molar-refractivity contribution in [3.63, 3.8) is 0 Å². The van der Waals surface area contributed by atoms with Crippen LogP contribution in [0.3, 0.4) is 0 Å². The Morgan fingerprint density at radius 1 is 1.57 bits per heavy atom. The van der Waals surface area contributed by atoms with Gasteiger partial charge in [0.25, 0.3) is 0 Å². The number of fused-ring (bicyclic) bond motifs is 1. The smallest absolute Gasteiger partial charge is 0.313 e. The molecule has 0 bridgehead atoms. The molecule has 0 saturated carbocycles. The summed E-state index contributed by atoms with van der Waals surface area (Å²) in [4.78, 5) is 19.7. The molecule has 2 heterocycles. The normalized spacial score (nSPS) is 12.7. The van der Waals surface area contributed by atoms with E-state index >= 15 is 0 Å². The summed E-state index contributed by atoms with van der Waals surface area (Å²) in [5, 5.41) is 9.57. The summed E-state index contributed by atoms with van der Waals surface area (Å²) in [5.74, 6) is -0.875. The van der Waals surface area contributed by atoms with Crippen molar-refractivity contribution in [2.75, 3.05) is 19.5 Å². The summed E-state index contributed by atoms with van der Waals surface area (Å²) >= 11 is 1.22. The molecule has 0 aliphatic rings. The van der Waals surface area contributed by atoms with Crippen LogP contribution in [0.5, 0.6) is 0 Å². The highest BCUT2D eigenvalue weighted by Gasteiger charge is 2.20. The maximum atomic E-state index is 10.8. The number of carboxylic acids is 1. The van der Waals surface area contributed by atoms with Gasteiger partial charge in [0.2, 0.25) is 0 Å². The third-order valence-corrected chi connectivity index (χ3v) is 4.02. The number of carbonyl (C=O) groups is 1. The third kappa shape index (κ3) is 3.74. The van der Waals surface area contributed by atoms with E-state index in [1.165, 1.54) is 11.8 Å². The molecule has 7 heteroatoms. The Bertz CT molecular complexity index is 609. The molecular weight excluding hydrogens is 290 g/mol. The van der Waals surface area contributed by atoms with E-state index in [0.717, 1.165) is 24.0 Å². The van der Waals surface area contributed by atoms with Gasteiger partial charge in [-0.2, -0.15) is 0 Å². The van der Waals surface area contributed by atoms with Gasteiger partial charge in [0.1, 0.15) is 5.52 Å². The third-order valence-electron chi connectivity index (χ3n) is 3.09. The van der Waals surface area contributed by atoms with Crippen LogP contribution in [0, 0.1) is 0 Å². The van der Waals surface area contributed by atoms with Crippen LogP contribution < -0.4 is 0 Å². The van der Waals surface area contributed by atoms with E-state index in [1.54, 1.807) is 13.3 Å². The maximum absolute atomic E-state index is 10.8. The summed E-state index contributed by atoms with van der Waals surface area (Å²) in [6, 6.07) is 3.83. The molecule has 114 valence electrons. The number of ether oxygens (including phenoxy) is 1. The molecular formula is C14H19N3O3S. The minimum absolute atomic E-state index is 0.0187. The van der Waals surface area contributed by atoms with Crippen LogP contribution in [-0.2, 0) is 9.53 Å². The average Bonchev–Trinajstić information content (AvgIpc) is 2.83. The van der Waals surface area contributed by atoms with Gasteiger partial charge in [0.05, 0.1) is 18.4 Å². The summed E-state index contributed by atoms with van der Waals surface area (Å²) in [7, 11) is 1.67. The second-order valence-corrected chi connectivity index (χ2v) is 5.63. The second kappa shape index (κ2) is 7.42. The van der Waals surface area contributed by atoms with Crippen LogP contribution in [0.15, 0.2) is 23.5 Å². The van der Waals surface area contributed by atoms with Crippen molar-refractivity contribution in [2.24, 2.45) is 0 Å². The molecule has 0 spiro atoms.